The molecule has 47 heavy (non-hydrogen) atoms. The Morgan fingerprint density at radius 3 is 2.23 bits per heavy atom. The first-order valence-electron chi connectivity index (χ1n) is 16.8. The Labute approximate surface area is 285 Å². The van der Waals surface area contributed by atoms with Crippen molar-refractivity contribution in [2.24, 2.45) is 17.0 Å². The van der Waals surface area contributed by atoms with Crippen LogP contribution in [-0.4, -0.2) is 54.9 Å². The first kappa shape index (κ1) is 39.9. The summed E-state index contributed by atoms with van der Waals surface area (Å²) in [5.74, 6) is -1.64. The van der Waals surface area contributed by atoms with Gasteiger partial charge in [0.05, 0.1) is 6.10 Å². The maximum absolute atomic E-state index is 14.2. The predicted octanol–water partition coefficient (Wildman–Crippen LogP) is 8.83. The van der Waals surface area contributed by atoms with Gasteiger partial charge in [-0.25, -0.2) is 9.78 Å². The van der Waals surface area contributed by atoms with E-state index in [4.69, 9.17) is 18.9 Å². The van der Waals surface area contributed by atoms with Crippen molar-refractivity contribution in [3.63, 3.8) is 0 Å². The number of hydrogen-bond donors (Lipinski definition) is 0. The zero-order chi connectivity index (χ0) is 35.0. The summed E-state index contributed by atoms with van der Waals surface area (Å²) < 4.78 is 18.2. The van der Waals surface area contributed by atoms with Gasteiger partial charge in [-0.15, -0.1) is 11.3 Å². The smallest absolute Gasteiger partial charge is 0.358 e. The lowest BCUT2D eigenvalue weighted by molar-refractivity contribution is -0.158. The minimum Gasteiger partial charge on any atom is -0.456 e. The van der Waals surface area contributed by atoms with Gasteiger partial charge in [0.1, 0.15) is 17.7 Å². The maximum Gasteiger partial charge on any atom is 0.358 e. The van der Waals surface area contributed by atoms with E-state index in [9.17, 15) is 19.9 Å². The van der Waals surface area contributed by atoms with E-state index < -0.39 is 44.4 Å². The summed E-state index contributed by atoms with van der Waals surface area (Å²) >= 11 is 1.33. The Morgan fingerprint density at radius 1 is 1.02 bits per heavy atom. The molecule has 1 aromatic carbocycles. The number of carbonyl (C=O) groups excluding carboxylic acids is 3. The second-order valence-electron chi connectivity index (χ2n) is 12.3. The van der Waals surface area contributed by atoms with Crippen molar-refractivity contribution >= 4 is 37.5 Å². The highest BCUT2D eigenvalue weighted by Crippen LogP contribution is 2.37. The normalized spacial score (nSPS) is 14.1. The van der Waals surface area contributed by atoms with Gasteiger partial charge < -0.3 is 18.8 Å². The van der Waals surface area contributed by atoms with Crippen LogP contribution in [0.1, 0.15) is 108 Å². The molecule has 0 aliphatic heterocycles. The summed E-state index contributed by atoms with van der Waals surface area (Å²) in [6.45, 7) is 16.0. The number of amides is 1. The molecule has 0 bridgehead atoms. The Bertz CT molecular complexity index is 1310. The highest BCUT2D eigenvalue weighted by molar-refractivity contribution is 7.09. The number of azide groups is 1. The monoisotopic (exact) mass is 687 g/mol. The minimum absolute atomic E-state index is 0.0882. The van der Waals surface area contributed by atoms with Gasteiger partial charge in [-0.2, -0.15) is 0 Å². The van der Waals surface area contributed by atoms with Gasteiger partial charge >= 0.3 is 11.9 Å². The molecule has 0 radical (unpaired) electrons. The summed E-state index contributed by atoms with van der Waals surface area (Å²) in [6.07, 6.45) is 1.28. The van der Waals surface area contributed by atoms with E-state index in [2.05, 4.69) is 30.8 Å². The van der Waals surface area contributed by atoms with Crippen LogP contribution in [0.2, 0.25) is 18.1 Å². The van der Waals surface area contributed by atoms with Crippen LogP contribution < -0.4 is 0 Å². The van der Waals surface area contributed by atoms with Gasteiger partial charge in [0.25, 0.3) is 0 Å². The average molecular weight is 688 g/mol. The summed E-state index contributed by atoms with van der Waals surface area (Å²) in [5.41, 5.74) is 10.4. The van der Waals surface area contributed by atoms with Gasteiger partial charge in [0.2, 0.25) is 5.91 Å². The lowest BCUT2D eigenvalue weighted by atomic mass is 9.93. The second-order valence-corrected chi connectivity index (χ2v) is 17.9. The van der Waals surface area contributed by atoms with Crippen molar-refractivity contribution < 1.29 is 28.3 Å². The van der Waals surface area contributed by atoms with Gasteiger partial charge in [0, 0.05) is 22.8 Å². The molecule has 0 aliphatic carbocycles. The number of hydrogen-bond acceptors (Lipinski definition) is 9. The van der Waals surface area contributed by atoms with Gasteiger partial charge in [-0.1, -0.05) is 97.3 Å². The topological polar surface area (TPSA) is 144 Å². The van der Waals surface area contributed by atoms with E-state index in [0.29, 0.717) is 24.3 Å². The molecule has 2 aromatic rings. The van der Waals surface area contributed by atoms with Crippen LogP contribution in [0.3, 0.4) is 0 Å². The van der Waals surface area contributed by atoms with Crippen molar-refractivity contribution in [1.29, 1.82) is 0 Å². The molecule has 1 amide bonds. The van der Waals surface area contributed by atoms with E-state index >= 15 is 0 Å². The quantitative estimate of drug-likeness (QED) is 0.0318. The fourth-order valence-electron chi connectivity index (χ4n) is 5.40. The molecule has 0 unspecified atom stereocenters. The number of aromatic nitrogens is 1. The van der Waals surface area contributed by atoms with Crippen LogP contribution in [0.15, 0.2) is 40.8 Å². The van der Waals surface area contributed by atoms with Gasteiger partial charge in [-0.05, 0) is 53.9 Å². The number of rotatable bonds is 21. The maximum atomic E-state index is 14.2. The van der Waals surface area contributed by atoms with Crippen molar-refractivity contribution in [2.75, 3.05) is 6.73 Å². The molecule has 1 heterocycles. The van der Waals surface area contributed by atoms with Crippen LogP contribution in [0.4, 0.5) is 0 Å². The third-order valence-electron chi connectivity index (χ3n) is 8.88. The third kappa shape index (κ3) is 11.7. The van der Waals surface area contributed by atoms with E-state index in [-0.39, 0.29) is 37.3 Å². The first-order chi connectivity index (χ1) is 22.5. The van der Waals surface area contributed by atoms with Crippen LogP contribution in [-0.2, 0) is 30.1 Å². The molecule has 11 nitrogen and oxygen atoms in total. The van der Waals surface area contributed by atoms with Crippen LogP contribution >= 0.6 is 11.3 Å². The van der Waals surface area contributed by atoms with Crippen molar-refractivity contribution in [1.82, 2.24) is 9.88 Å². The van der Waals surface area contributed by atoms with E-state index in [0.717, 1.165) is 23.7 Å². The highest BCUT2D eigenvalue weighted by atomic mass is 32.1. The molecule has 1 aromatic heterocycles. The van der Waals surface area contributed by atoms with Crippen LogP contribution in [0, 0.1) is 11.8 Å². The predicted molar refractivity (Wildman–Crippen MR) is 187 cm³/mol. The molecule has 4 atom stereocenters. The molecule has 0 N–H and O–H groups in total. The molecule has 13 heteroatoms. The Morgan fingerprint density at radius 2 is 1.68 bits per heavy atom. The average Bonchev–Trinajstić information content (AvgIpc) is 3.58. The molecule has 0 saturated heterocycles. The largest absolute Gasteiger partial charge is 0.456 e. The van der Waals surface area contributed by atoms with Gasteiger partial charge in [0.15, 0.2) is 20.7 Å². The highest BCUT2D eigenvalue weighted by Gasteiger charge is 2.39. The third-order valence-corrected chi connectivity index (χ3v) is 14.5. The first-order valence-corrected chi connectivity index (χ1v) is 20.2. The molecular weight excluding hydrogens is 635 g/mol. The number of carbonyl (C=O) groups is 3. The standard InChI is InChI=1S/C34H53N5O6SSi/c1-9-17-30(40)44-23-39(33(41)31(37-38-35)25(8)10-2)28(24(6)7)20-29(45-47(11-3,12-4)13-5)32-36-27(22-46-32)34(42)43-21-26-18-15-14-16-19-26/h14-16,18-19,22,24-25,28-29,31H,9-13,17,20-21,23H2,1-8H3/t25-,28+,29+,31-/m0/s1. The number of thiazole rings is 1. The lowest BCUT2D eigenvalue weighted by Crippen LogP contribution is -2.51. The Kier molecular flexibility index (Phi) is 17.1. The minimum atomic E-state index is -2.21. The van der Waals surface area contributed by atoms with Crippen molar-refractivity contribution in [2.45, 2.75) is 124 Å². The zero-order valence-corrected chi connectivity index (χ0v) is 31.1. The molecule has 0 fully saturated rings. The molecular formula is C34H53N5O6SSi. The number of benzene rings is 1. The van der Waals surface area contributed by atoms with E-state index in [1.807, 2.05) is 65.0 Å². The lowest BCUT2D eigenvalue weighted by Gasteiger charge is -2.40. The summed E-state index contributed by atoms with van der Waals surface area (Å²) in [5, 5.41) is 6.19. The summed E-state index contributed by atoms with van der Waals surface area (Å²) in [6, 6.07) is 10.7. The van der Waals surface area contributed by atoms with Crippen molar-refractivity contribution in [3.05, 3.63) is 62.4 Å². The number of esters is 2. The molecule has 0 aliphatic rings. The number of ether oxygens (including phenoxy) is 2. The number of nitrogens with zero attached hydrogens (tertiary/aromatic N) is 5. The Balaban J connectivity index is 2.53. The Hall–Kier alpha value is -3.25. The fraction of sp³-hybridized carbons (Fsp3) is 0.647. The van der Waals surface area contributed by atoms with Crippen molar-refractivity contribution in [3.8, 4) is 0 Å². The summed E-state index contributed by atoms with van der Waals surface area (Å²) in [4.78, 5) is 48.9. The van der Waals surface area contributed by atoms with Gasteiger partial charge in [-0.3, -0.25) is 9.59 Å². The van der Waals surface area contributed by atoms with E-state index in [1.54, 1.807) is 5.38 Å². The van der Waals surface area contributed by atoms with E-state index in [1.165, 1.54) is 16.2 Å². The SMILES string of the molecule is CCCC(=O)OCN(C(=O)[C@@H](N=[N+]=[N-])[C@@H](C)CC)[C@H](C[C@@H](O[Si](CC)(CC)CC)c1nc(C(=O)OCc2ccccc2)cs1)C(C)C. The molecule has 0 saturated carbocycles. The summed E-state index contributed by atoms with van der Waals surface area (Å²) in [7, 11) is -2.21. The molecule has 260 valence electrons. The second kappa shape index (κ2) is 20.2. The fourth-order valence-corrected chi connectivity index (χ4v) is 9.13. The van der Waals surface area contributed by atoms with Crippen LogP contribution in [0.25, 0.3) is 10.4 Å². The zero-order valence-electron chi connectivity index (χ0n) is 29.3. The molecule has 0 spiro atoms. The molecule has 2 rings (SSSR count). The van der Waals surface area contributed by atoms with Crippen LogP contribution in [0.5, 0.6) is 0 Å².